The lowest BCUT2D eigenvalue weighted by Gasteiger charge is -2.16. The number of carbonyl (C=O) groups excluding carboxylic acids is 2. The van der Waals surface area contributed by atoms with Crippen LogP contribution in [0.5, 0.6) is 0 Å². The topological polar surface area (TPSA) is 81.7 Å². The summed E-state index contributed by atoms with van der Waals surface area (Å²) in [5.41, 5.74) is 2.02. The summed E-state index contributed by atoms with van der Waals surface area (Å²) in [5.74, 6) is -0.128. The van der Waals surface area contributed by atoms with E-state index in [0.29, 0.717) is 22.3 Å². The Morgan fingerprint density at radius 2 is 0.857 bits per heavy atom. The molecule has 4 nitrogen and oxygen atoms in total. The largest absolute Gasteiger partial charge is 0.289 e. The minimum Gasteiger partial charge on any atom is -0.289 e. The molecule has 2 aromatic carbocycles. The minimum atomic E-state index is -0.0641. The van der Waals surface area contributed by atoms with E-state index in [0.717, 1.165) is 0 Å². The Morgan fingerprint density at radius 3 is 1.05 bits per heavy atom. The maximum absolute atomic E-state index is 12.1. The maximum atomic E-state index is 12.1. The first-order chi connectivity index (χ1) is 9.70. The number of fused-ring (bicyclic) bond motifs is 2. The van der Waals surface area contributed by atoms with Crippen molar-refractivity contribution in [1.82, 2.24) is 0 Å². The Hall–Kier alpha value is -3.24. The molecule has 0 atom stereocenters. The van der Waals surface area contributed by atoms with Crippen LogP contribution in [0.1, 0.15) is 39.3 Å². The highest BCUT2D eigenvalue weighted by atomic mass is 16.1. The van der Waals surface area contributed by atoms with Crippen LogP contribution in [0.3, 0.4) is 0 Å². The standard InChI is InChI=1S/C14H8O2.C2N2.CH4/c15-13-9-5-1-2-6-10(9)14(16)12-8-4-3-7-11(12)13;3-1-2-4;/h1-8H;;1H4. The molecule has 102 valence electrons. The van der Waals surface area contributed by atoms with Gasteiger partial charge in [-0.3, -0.25) is 9.59 Å². The van der Waals surface area contributed by atoms with Crippen molar-refractivity contribution in [3.8, 4) is 12.1 Å². The van der Waals surface area contributed by atoms with Crippen LogP contribution in [0, 0.1) is 22.7 Å². The highest BCUT2D eigenvalue weighted by molar-refractivity contribution is 6.28. The Balaban J connectivity index is 0.000000397. The molecule has 0 aliphatic heterocycles. The summed E-state index contributed by atoms with van der Waals surface area (Å²) in [7, 11) is 0. The van der Waals surface area contributed by atoms with E-state index in [1.165, 1.54) is 12.1 Å². The molecule has 0 radical (unpaired) electrons. The molecule has 0 bridgehead atoms. The van der Waals surface area contributed by atoms with E-state index in [4.69, 9.17) is 10.5 Å². The molecule has 0 N–H and O–H groups in total. The predicted octanol–water partition coefficient (Wildman–Crippen LogP) is 3.13. The van der Waals surface area contributed by atoms with E-state index < -0.39 is 0 Å². The van der Waals surface area contributed by atoms with Gasteiger partial charge in [0, 0.05) is 22.3 Å². The molecule has 0 fully saturated rings. The highest BCUT2D eigenvalue weighted by Crippen LogP contribution is 2.26. The van der Waals surface area contributed by atoms with Crippen LogP contribution in [0.25, 0.3) is 0 Å². The van der Waals surface area contributed by atoms with Gasteiger partial charge in [0.05, 0.1) is 0 Å². The number of ketones is 2. The van der Waals surface area contributed by atoms with Crippen molar-refractivity contribution < 1.29 is 9.59 Å². The van der Waals surface area contributed by atoms with E-state index in [1.807, 2.05) is 0 Å². The van der Waals surface area contributed by atoms with Crippen LogP contribution >= 0.6 is 0 Å². The lowest BCUT2D eigenvalue weighted by Crippen LogP contribution is -2.20. The number of benzene rings is 2. The number of nitrogens with zero attached hydrogens (tertiary/aromatic N) is 2. The normalized spacial score (nSPS) is 10.6. The minimum absolute atomic E-state index is 0. The number of hydrogen-bond acceptors (Lipinski definition) is 4. The molecule has 0 heterocycles. The number of carbonyl (C=O) groups is 2. The first kappa shape index (κ1) is 15.8. The van der Waals surface area contributed by atoms with Gasteiger partial charge in [0.1, 0.15) is 0 Å². The molecule has 0 saturated carbocycles. The zero-order chi connectivity index (χ0) is 14.5. The van der Waals surface area contributed by atoms with Crippen LogP contribution in [0.4, 0.5) is 0 Å². The van der Waals surface area contributed by atoms with Crippen LogP contribution in [-0.4, -0.2) is 11.6 Å². The fraction of sp³-hybridized carbons (Fsp3) is 0.0588. The second kappa shape index (κ2) is 6.79. The Labute approximate surface area is 122 Å². The Morgan fingerprint density at radius 1 is 0.619 bits per heavy atom. The first-order valence-corrected chi connectivity index (χ1v) is 5.76. The summed E-state index contributed by atoms with van der Waals surface area (Å²) < 4.78 is 0. The van der Waals surface area contributed by atoms with Crippen LogP contribution in [0.15, 0.2) is 48.5 Å². The summed E-state index contributed by atoms with van der Waals surface area (Å²) in [6, 6.07) is 16.4. The number of rotatable bonds is 0. The van der Waals surface area contributed by atoms with Crippen LogP contribution < -0.4 is 0 Å². The quantitative estimate of drug-likeness (QED) is 0.631. The number of hydrogen-bond donors (Lipinski definition) is 0. The van der Waals surface area contributed by atoms with Gasteiger partial charge in [-0.2, -0.15) is 10.5 Å². The van der Waals surface area contributed by atoms with Crippen molar-refractivity contribution in [2.24, 2.45) is 0 Å². The molecule has 0 unspecified atom stereocenters. The number of nitriles is 2. The third kappa shape index (κ3) is 2.86. The maximum Gasteiger partial charge on any atom is 0.194 e. The Kier molecular flexibility index (Phi) is 5.11. The lowest BCUT2D eigenvalue weighted by atomic mass is 9.84. The zero-order valence-electron chi connectivity index (χ0n) is 10.3. The average molecular weight is 276 g/mol. The third-order valence-corrected chi connectivity index (χ3v) is 2.88. The van der Waals surface area contributed by atoms with Crippen molar-refractivity contribution >= 4 is 11.6 Å². The highest BCUT2D eigenvalue weighted by Gasteiger charge is 2.28. The van der Waals surface area contributed by atoms with Gasteiger partial charge in [0.25, 0.3) is 0 Å². The molecule has 1 aliphatic rings. The molecule has 0 amide bonds. The molecule has 3 rings (SSSR count). The van der Waals surface area contributed by atoms with Crippen molar-refractivity contribution in [3.05, 3.63) is 70.8 Å². The van der Waals surface area contributed by atoms with Gasteiger partial charge < -0.3 is 0 Å². The molecular weight excluding hydrogens is 264 g/mol. The van der Waals surface area contributed by atoms with E-state index in [2.05, 4.69) is 0 Å². The monoisotopic (exact) mass is 276 g/mol. The molecule has 21 heavy (non-hydrogen) atoms. The summed E-state index contributed by atoms with van der Waals surface area (Å²) in [6.07, 6.45) is 0. The second-order valence-corrected chi connectivity index (χ2v) is 3.97. The second-order valence-electron chi connectivity index (χ2n) is 3.97. The van der Waals surface area contributed by atoms with Gasteiger partial charge in [0.15, 0.2) is 23.7 Å². The molecule has 4 heteroatoms. The zero-order valence-corrected chi connectivity index (χ0v) is 10.3. The van der Waals surface area contributed by atoms with Crippen molar-refractivity contribution in [2.75, 3.05) is 0 Å². The van der Waals surface area contributed by atoms with Crippen molar-refractivity contribution in [1.29, 1.82) is 10.5 Å². The summed E-state index contributed by atoms with van der Waals surface area (Å²) in [6.45, 7) is 0. The molecule has 0 saturated heterocycles. The first-order valence-electron chi connectivity index (χ1n) is 5.76. The predicted molar refractivity (Wildman–Crippen MR) is 77.7 cm³/mol. The molecule has 0 aromatic heterocycles. The fourth-order valence-electron chi connectivity index (χ4n) is 2.05. The summed E-state index contributed by atoms with van der Waals surface area (Å²) in [5, 5.41) is 14.5. The van der Waals surface area contributed by atoms with Gasteiger partial charge in [-0.15, -0.1) is 0 Å². The SMILES string of the molecule is C.N#CC#N.O=C1c2ccccc2C(=O)c2ccccc21. The van der Waals surface area contributed by atoms with E-state index in [1.54, 1.807) is 48.5 Å². The molecular formula is C17H12N2O2. The molecule has 0 spiro atoms. The fourth-order valence-corrected chi connectivity index (χ4v) is 2.05. The van der Waals surface area contributed by atoms with E-state index >= 15 is 0 Å². The summed E-state index contributed by atoms with van der Waals surface area (Å²) >= 11 is 0. The van der Waals surface area contributed by atoms with Crippen LogP contribution in [0.2, 0.25) is 0 Å². The summed E-state index contributed by atoms with van der Waals surface area (Å²) in [4.78, 5) is 24.2. The van der Waals surface area contributed by atoms with Gasteiger partial charge in [-0.05, 0) is 0 Å². The van der Waals surface area contributed by atoms with E-state index in [9.17, 15) is 9.59 Å². The molecule has 1 aliphatic carbocycles. The van der Waals surface area contributed by atoms with Crippen LogP contribution in [-0.2, 0) is 0 Å². The van der Waals surface area contributed by atoms with Gasteiger partial charge >= 0.3 is 0 Å². The Bertz CT molecular complexity index is 662. The smallest absolute Gasteiger partial charge is 0.194 e. The lowest BCUT2D eigenvalue weighted by molar-refractivity contribution is 0.0979. The average Bonchev–Trinajstić information content (AvgIpc) is 2.53. The van der Waals surface area contributed by atoms with Gasteiger partial charge in [0.2, 0.25) is 0 Å². The van der Waals surface area contributed by atoms with Crippen molar-refractivity contribution in [3.63, 3.8) is 0 Å². The van der Waals surface area contributed by atoms with E-state index in [-0.39, 0.29) is 19.0 Å². The van der Waals surface area contributed by atoms with Gasteiger partial charge in [-0.1, -0.05) is 56.0 Å². The van der Waals surface area contributed by atoms with Gasteiger partial charge in [-0.25, -0.2) is 0 Å². The molecule has 2 aromatic rings. The third-order valence-electron chi connectivity index (χ3n) is 2.88. The van der Waals surface area contributed by atoms with Crippen molar-refractivity contribution in [2.45, 2.75) is 7.43 Å².